The monoisotopic (exact) mass is 316 g/mol. The zero-order valence-electron chi connectivity index (χ0n) is 11.2. The van der Waals surface area contributed by atoms with Crippen LogP contribution < -0.4 is 4.90 Å². The van der Waals surface area contributed by atoms with E-state index in [0.717, 1.165) is 16.7 Å². The molecule has 3 rings (SSSR count). The van der Waals surface area contributed by atoms with Gasteiger partial charge in [-0.15, -0.1) is 0 Å². The van der Waals surface area contributed by atoms with Crippen LogP contribution in [0.5, 0.6) is 0 Å². The summed E-state index contributed by atoms with van der Waals surface area (Å²) >= 11 is 3.66. The first-order valence-corrected chi connectivity index (χ1v) is 7.45. The number of fused-ring (bicyclic) bond motifs is 1. The number of halogens is 1. The molecule has 0 fully saturated rings. The van der Waals surface area contributed by atoms with Crippen LogP contribution in [-0.2, 0) is 6.42 Å². The summed E-state index contributed by atoms with van der Waals surface area (Å²) in [6.45, 7) is 4.33. The van der Waals surface area contributed by atoms with Crippen molar-refractivity contribution in [3.05, 3.63) is 52.1 Å². The Labute approximate surface area is 122 Å². The maximum Gasteiger partial charge on any atom is 0.147 e. The van der Waals surface area contributed by atoms with E-state index in [2.05, 4.69) is 70.0 Å². The van der Waals surface area contributed by atoms with Crippen molar-refractivity contribution in [2.24, 2.45) is 0 Å². The van der Waals surface area contributed by atoms with Crippen molar-refractivity contribution < 1.29 is 0 Å². The molecule has 3 heteroatoms. The Kier molecular flexibility index (Phi) is 3.31. The summed E-state index contributed by atoms with van der Waals surface area (Å²) in [5.41, 5.74) is 3.88. The minimum atomic E-state index is 0.474. The van der Waals surface area contributed by atoms with Gasteiger partial charge < -0.3 is 4.90 Å². The number of hydrogen-bond donors (Lipinski definition) is 0. The zero-order chi connectivity index (χ0) is 13.4. The number of nitrogens with zero attached hydrogens (tertiary/aromatic N) is 2. The van der Waals surface area contributed by atoms with E-state index in [1.807, 2.05) is 6.20 Å². The lowest BCUT2D eigenvalue weighted by molar-refractivity contribution is 0.612. The van der Waals surface area contributed by atoms with Crippen LogP contribution >= 0.6 is 15.9 Å². The maximum absolute atomic E-state index is 4.63. The fourth-order valence-electron chi connectivity index (χ4n) is 2.71. The van der Waals surface area contributed by atoms with Crippen molar-refractivity contribution in [3.63, 3.8) is 0 Å². The Morgan fingerprint density at radius 3 is 2.89 bits per heavy atom. The van der Waals surface area contributed by atoms with Crippen molar-refractivity contribution in [3.8, 4) is 0 Å². The molecular weight excluding hydrogens is 300 g/mol. The second-order valence-electron chi connectivity index (χ2n) is 5.20. The van der Waals surface area contributed by atoms with Gasteiger partial charge in [-0.25, -0.2) is 4.98 Å². The van der Waals surface area contributed by atoms with E-state index in [1.165, 1.54) is 23.2 Å². The predicted octanol–water partition coefficient (Wildman–Crippen LogP) is 4.63. The third kappa shape index (κ3) is 2.27. The highest BCUT2D eigenvalue weighted by atomic mass is 79.9. The first-order chi connectivity index (χ1) is 9.16. The Morgan fingerprint density at radius 1 is 1.32 bits per heavy atom. The van der Waals surface area contributed by atoms with Gasteiger partial charge in [0.05, 0.1) is 4.47 Å². The molecular formula is C16H17BrN2. The van der Waals surface area contributed by atoms with Gasteiger partial charge in [0.25, 0.3) is 0 Å². The van der Waals surface area contributed by atoms with E-state index < -0.39 is 0 Å². The summed E-state index contributed by atoms with van der Waals surface area (Å²) in [5.74, 6) is 1.02. The Morgan fingerprint density at radius 2 is 2.11 bits per heavy atom. The van der Waals surface area contributed by atoms with E-state index in [-0.39, 0.29) is 0 Å². The molecule has 2 aromatic rings. The molecule has 0 aliphatic carbocycles. The summed E-state index contributed by atoms with van der Waals surface area (Å²) in [6.07, 6.45) is 4.25. The molecule has 2 nitrogen and oxygen atoms in total. The van der Waals surface area contributed by atoms with Gasteiger partial charge >= 0.3 is 0 Å². The molecule has 1 aliphatic heterocycles. The van der Waals surface area contributed by atoms with Crippen LogP contribution in [-0.4, -0.2) is 11.0 Å². The van der Waals surface area contributed by atoms with E-state index in [4.69, 9.17) is 0 Å². The van der Waals surface area contributed by atoms with Gasteiger partial charge in [0.15, 0.2) is 0 Å². The third-order valence-electron chi connectivity index (χ3n) is 3.71. The van der Waals surface area contributed by atoms with Crippen LogP contribution in [0.4, 0.5) is 11.5 Å². The number of benzene rings is 1. The lowest BCUT2D eigenvalue weighted by Crippen LogP contribution is -2.34. The topological polar surface area (TPSA) is 16.1 Å². The molecule has 0 radical (unpaired) electrons. The molecule has 2 heterocycles. The average molecular weight is 317 g/mol. The third-order valence-corrected chi connectivity index (χ3v) is 4.29. The normalized spacial score (nSPS) is 18.3. The van der Waals surface area contributed by atoms with Gasteiger partial charge in [0.2, 0.25) is 0 Å². The highest BCUT2D eigenvalue weighted by Gasteiger charge is 2.26. The van der Waals surface area contributed by atoms with Crippen molar-refractivity contribution in [1.82, 2.24) is 4.98 Å². The fourth-order valence-corrected chi connectivity index (χ4v) is 3.37. The first-order valence-electron chi connectivity index (χ1n) is 6.66. The second-order valence-corrected chi connectivity index (χ2v) is 6.06. The Bertz CT molecular complexity index is 609. The van der Waals surface area contributed by atoms with E-state index in [0.29, 0.717) is 6.04 Å². The molecule has 1 aromatic carbocycles. The quantitative estimate of drug-likeness (QED) is 0.762. The first kappa shape index (κ1) is 12.7. The molecule has 0 bridgehead atoms. The summed E-state index contributed by atoms with van der Waals surface area (Å²) in [6, 6.07) is 11.2. The number of pyridine rings is 1. The summed E-state index contributed by atoms with van der Waals surface area (Å²) in [5, 5.41) is 0. The van der Waals surface area contributed by atoms with Crippen molar-refractivity contribution >= 4 is 27.4 Å². The average Bonchev–Trinajstić information content (AvgIpc) is 2.40. The minimum Gasteiger partial charge on any atom is -0.322 e. The van der Waals surface area contributed by atoms with Gasteiger partial charge in [-0.1, -0.05) is 18.2 Å². The standard InChI is InChI=1S/C16H17BrN2/c1-11-9-14(17)16(18-10-11)19-12(2)7-8-13-5-3-4-6-15(13)19/h3-6,9-10,12H,7-8H2,1-2H3. The SMILES string of the molecule is Cc1cnc(N2c3ccccc3CCC2C)c(Br)c1. The minimum absolute atomic E-state index is 0.474. The molecule has 1 unspecified atom stereocenters. The van der Waals surface area contributed by atoms with E-state index in [1.54, 1.807) is 0 Å². The van der Waals surface area contributed by atoms with Crippen LogP contribution in [0.15, 0.2) is 41.0 Å². The number of rotatable bonds is 1. The smallest absolute Gasteiger partial charge is 0.147 e. The number of anilines is 2. The molecule has 1 aliphatic rings. The number of hydrogen-bond acceptors (Lipinski definition) is 2. The fraction of sp³-hybridized carbons (Fsp3) is 0.312. The number of aryl methyl sites for hydroxylation is 2. The van der Waals surface area contributed by atoms with Crippen LogP contribution in [0.3, 0.4) is 0 Å². The number of aromatic nitrogens is 1. The molecule has 0 spiro atoms. The largest absolute Gasteiger partial charge is 0.322 e. The van der Waals surface area contributed by atoms with Crippen LogP contribution in [0.2, 0.25) is 0 Å². The molecule has 0 saturated heterocycles. The van der Waals surface area contributed by atoms with Crippen molar-refractivity contribution in [1.29, 1.82) is 0 Å². The zero-order valence-corrected chi connectivity index (χ0v) is 12.8. The van der Waals surface area contributed by atoms with Gasteiger partial charge in [-0.3, -0.25) is 0 Å². The lowest BCUT2D eigenvalue weighted by Gasteiger charge is -2.36. The molecule has 1 aromatic heterocycles. The molecule has 1 atom stereocenters. The summed E-state index contributed by atoms with van der Waals surface area (Å²) in [7, 11) is 0. The molecule has 0 N–H and O–H groups in total. The van der Waals surface area contributed by atoms with E-state index >= 15 is 0 Å². The lowest BCUT2D eigenvalue weighted by atomic mass is 9.96. The second kappa shape index (κ2) is 4.97. The van der Waals surface area contributed by atoms with Gasteiger partial charge in [-0.05, 0) is 65.9 Å². The van der Waals surface area contributed by atoms with Gasteiger partial charge in [0, 0.05) is 17.9 Å². The molecule has 19 heavy (non-hydrogen) atoms. The molecule has 0 amide bonds. The predicted molar refractivity (Wildman–Crippen MR) is 83.0 cm³/mol. The maximum atomic E-state index is 4.63. The summed E-state index contributed by atoms with van der Waals surface area (Å²) in [4.78, 5) is 6.98. The van der Waals surface area contributed by atoms with Crippen molar-refractivity contribution in [2.75, 3.05) is 4.90 Å². The van der Waals surface area contributed by atoms with Crippen LogP contribution in [0.25, 0.3) is 0 Å². The highest BCUT2D eigenvalue weighted by molar-refractivity contribution is 9.10. The van der Waals surface area contributed by atoms with Crippen LogP contribution in [0.1, 0.15) is 24.5 Å². The summed E-state index contributed by atoms with van der Waals surface area (Å²) < 4.78 is 1.07. The van der Waals surface area contributed by atoms with Crippen molar-refractivity contribution in [2.45, 2.75) is 32.7 Å². The van der Waals surface area contributed by atoms with Gasteiger partial charge in [0.1, 0.15) is 5.82 Å². The highest BCUT2D eigenvalue weighted by Crippen LogP contribution is 2.38. The van der Waals surface area contributed by atoms with Crippen LogP contribution in [0, 0.1) is 6.92 Å². The number of para-hydroxylation sites is 1. The molecule has 0 saturated carbocycles. The van der Waals surface area contributed by atoms with E-state index in [9.17, 15) is 0 Å². The Hall–Kier alpha value is -1.35. The molecule has 98 valence electrons. The van der Waals surface area contributed by atoms with Gasteiger partial charge in [-0.2, -0.15) is 0 Å². The Balaban J connectivity index is 2.13.